The molecule has 0 aliphatic rings. The molecule has 5 N–H and O–H groups in total. The van der Waals surface area contributed by atoms with Gasteiger partial charge in [0.2, 0.25) is 11.8 Å². The minimum Gasteiger partial charge on any atom is -0.490 e. The molecule has 0 bridgehead atoms. The predicted octanol–water partition coefficient (Wildman–Crippen LogP) is 2.55. The van der Waals surface area contributed by atoms with Crippen molar-refractivity contribution in [2.24, 2.45) is 18.7 Å². The van der Waals surface area contributed by atoms with Gasteiger partial charge < -0.3 is 44.8 Å². The van der Waals surface area contributed by atoms with Gasteiger partial charge >= 0.3 is 0 Å². The molecule has 0 aliphatic carbocycles. The van der Waals surface area contributed by atoms with Crippen LogP contribution in [0.5, 0.6) is 11.5 Å². The first-order chi connectivity index (χ1) is 27.0. The number of carbonyl (C=O) groups is 2. The van der Waals surface area contributed by atoms with Gasteiger partial charge in [0.05, 0.1) is 38.3 Å². The van der Waals surface area contributed by atoms with Crippen LogP contribution in [0.4, 0.5) is 0 Å². The number of aliphatic hydroxyl groups excluding tert-OH is 1. The molecule has 16 heteroatoms. The Morgan fingerprint density at radius 3 is 2.39 bits per heavy atom. The third-order valence-corrected chi connectivity index (χ3v) is 8.47. The molecule has 5 rings (SSSR count). The zero-order chi connectivity index (χ0) is 39.9. The molecular formula is C40H49N7O9. The minimum absolute atomic E-state index is 0.124. The second-order valence-electron chi connectivity index (χ2n) is 13.5. The molecule has 0 saturated heterocycles. The van der Waals surface area contributed by atoms with E-state index in [1.54, 1.807) is 43.6 Å². The summed E-state index contributed by atoms with van der Waals surface area (Å²) in [6.45, 7) is 5.93. The molecule has 3 heterocycles. The molecule has 16 nitrogen and oxygen atoms in total. The Kier molecular flexibility index (Phi) is 15.4. The number of nitrogens with one attached hydrogen (secondary N) is 2. The molecule has 0 spiro atoms. The van der Waals surface area contributed by atoms with Crippen LogP contribution in [-0.2, 0) is 39.1 Å². The molecule has 56 heavy (non-hydrogen) atoms. The number of hydrogen-bond acceptors (Lipinski definition) is 13. The lowest BCUT2D eigenvalue weighted by Gasteiger charge is -2.24. The zero-order valence-electron chi connectivity index (χ0n) is 31.8. The number of aryl methyl sites for hydroxylation is 1. The molecule has 0 radical (unpaired) electrons. The molecule has 3 unspecified atom stereocenters. The van der Waals surface area contributed by atoms with Crippen molar-refractivity contribution in [1.82, 2.24) is 30.4 Å². The number of oxazole rings is 1. The second kappa shape index (κ2) is 20.8. The Balaban J connectivity index is 0.922. The zero-order valence-corrected chi connectivity index (χ0v) is 31.8. The van der Waals surface area contributed by atoms with Crippen LogP contribution in [0, 0.1) is 5.92 Å². The average Bonchev–Trinajstić information content (AvgIpc) is 3.62. The first-order valence-electron chi connectivity index (χ1n) is 18.4. The van der Waals surface area contributed by atoms with Gasteiger partial charge in [-0.05, 0) is 54.7 Å². The number of nitrogens with two attached hydrogens (primary N) is 1. The molecule has 298 valence electrons. The van der Waals surface area contributed by atoms with Crippen LogP contribution in [0.25, 0.3) is 22.7 Å². The van der Waals surface area contributed by atoms with E-state index >= 15 is 0 Å². The van der Waals surface area contributed by atoms with E-state index in [-0.39, 0.29) is 37.1 Å². The van der Waals surface area contributed by atoms with Gasteiger partial charge in [0.1, 0.15) is 48.1 Å². The maximum Gasteiger partial charge on any atom is 0.266 e. The first kappa shape index (κ1) is 41.5. The number of hydrogen-bond donors (Lipinski definition) is 4. The predicted molar refractivity (Wildman–Crippen MR) is 207 cm³/mol. The van der Waals surface area contributed by atoms with Gasteiger partial charge in [0.25, 0.3) is 11.5 Å². The minimum atomic E-state index is -1.46. The van der Waals surface area contributed by atoms with Crippen LogP contribution in [-0.4, -0.2) is 94.4 Å². The summed E-state index contributed by atoms with van der Waals surface area (Å²) in [5.41, 5.74) is 9.08. The van der Waals surface area contributed by atoms with E-state index in [0.29, 0.717) is 79.1 Å². The lowest BCUT2D eigenvalue weighted by Crippen LogP contribution is -2.54. The fourth-order valence-electron chi connectivity index (χ4n) is 5.52. The van der Waals surface area contributed by atoms with Crippen LogP contribution in [0.2, 0.25) is 0 Å². The summed E-state index contributed by atoms with van der Waals surface area (Å²) >= 11 is 0. The Hall–Kier alpha value is -5.68. The van der Waals surface area contributed by atoms with Crippen LogP contribution in [0.15, 0.2) is 88.2 Å². The quantitative estimate of drug-likeness (QED) is 0.0746. The first-order valence-corrected chi connectivity index (χ1v) is 18.4. The topological polar surface area (TPSA) is 215 Å². The SMILES string of the molecule is CC(C)CC(NC(=O)C(O)C(N)Cc1ccccc1)C(=O)NCCOCCOCCOc1ccc(COc2ccc3oc(-c4ccc(=O)n(C)n4)nc3c2)nc1. The number of benzene rings is 2. The fourth-order valence-corrected chi connectivity index (χ4v) is 5.52. The molecule has 0 saturated carbocycles. The number of carbonyl (C=O) groups excluding carboxylic acids is 2. The summed E-state index contributed by atoms with van der Waals surface area (Å²) in [5.74, 6) is 0.564. The van der Waals surface area contributed by atoms with Crippen molar-refractivity contribution < 1.29 is 38.1 Å². The molecule has 0 fully saturated rings. The Morgan fingerprint density at radius 2 is 1.66 bits per heavy atom. The van der Waals surface area contributed by atoms with E-state index in [9.17, 15) is 19.5 Å². The Bertz CT molecular complexity index is 2060. The van der Waals surface area contributed by atoms with Crippen molar-refractivity contribution in [3.05, 3.63) is 101 Å². The van der Waals surface area contributed by atoms with Gasteiger partial charge in [-0.3, -0.25) is 19.4 Å². The van der Waals surface area contributed by atoms with E-state index in [4.69, 9.17) is 29.1 Å². The normalized spacial score (nSPS) is 13.0. The molecule has 5 aromatic rings. The third kappa shape index (κ3) is 12.7. The standard InChI is InChI=1S/C40H49N7O9/c1-26(2)21-34(44-39(51)37(49)31(41)22-27-7-5-4-6-8-27)38(50)42-15-16-52-17-18-53-19-20-54-30-10-9-28(43-24-30)25-55-29-11-13-35-33(23-29)45-40(56-35)32-12-14-36(48)47(3)46-32/h4-14,23-24,26,31,34,37,49H,15-22,25,41H2,1-3H3,(H,42,50)(H,44,51). The van der Waals surface area contributed by atoms with Crippen LogP contribution >= 0.6 is 0 Å². The summed E-state index contributed by atoms with van der Waals surface area (Å²) in [6, 6.07) is 19.6. The smallest absolute Gasteiger partial charge is 0.266 e. The number of pyridine rings is 1. The van der Waals surface area contributed by atoms with Crippen molar-refractivity contribution >= 4 is 22.9 Å². The van der Waals surface area contributed by atoms with Crippen LogP contribution < -0.4 is 31.4 Å². The van der Waals surface area contributed by atoms with Gasteiger partial charge in [-0.15, -0.1) is 0 Å². The van der Waals surface area contributed by atoms with Gasteiger partial charge in [0, 0.05) is 31.8 Å². The van der Waals surface area contributed by atoms with E-state index in [0.717, 1.165) is 5.56 Å². The van der Waals surface area contributed by atoms with E-state index in [2.05, 4.69) is 25.7 Å². The van der Waals surface area contributed by atoms with Crippen molar-refractivity contribution in [3.63, 3.8) is 0 Å². The lowest BCUT2D eigenvalue weighted by molar-refractivity contribution is -0.135. The summed E-state index contributed by atoms with van der Waals surface area (Å²) in [4.78, 5) is 46.1. The number of fused-ring (bicyclic) bond motifs is 1. The summed E-state index contributed by atoms with van der Waals surface area (Å²) in [7, 11) is 1.56. The highest BCUT2D eigenvalue weighted by atomic mass is 16.5. The second-order valence-corrected chi connectivity index (χ2v) is 13.5. The number of aromatic nitrogens is 4. The van der Waals surface area contributed by atoms with E-state index in [1.165, 1.54) is 10.7 Å². The van der Waals surface area contributed by atoms with Crippen molar-refractivity contribution in [1.29, 1.82) is 0 Å². The van der Waals surface area contributed by atoms with Crippen molar-refractivity contribution in [3.8, 4) is 23.1 Å². The highest BCUT2D eigenvalue weighted by Gasteiger charge is 2.28. The van der Waals surface area contributed by atoms with Gasteiger partial charge in [0.15, 0.2) is 5.58 Å². The molecule has 3 aromatic heterocycles. The molecule has 3 atom stereocenters. The third-order valence-electron chi connectivity index (χ3n) is 8.47. The van der Waals surface area contributed by atoms with Gasteiger partial charge in [-0.2, -0.15) is 5.10 Å². The van der Waals surface area contributed by atoms with Crippen molar-refractivity contribution in [2.45, 2.75) is 51.5 Å². The van der Waals surface area contributed by atoms with Crippen LogP contribution in [0.3, 0.4) is 0 Å². The number of nitrogens with zero attached hydrogens (tertiary/aromatic N) is 4. The number of amides is 2. The number of ether oxygens (including phenoxy) is 4. The fraction of sp³-hybridized carbons (Fsp3) is 0.400. The molecular weight excluding hydrogens is 722 g/mol. The highest BCUT2D eigenvalue weighted by Crippen LogP contribution is 2.26. The maximum atomic E-state index is 12.9. The molecule has 0 aliphatic heterocycles. The average molecular weight is 772 g/mol. The van der Waals surface area contributed by atoms with Crippen molar-refractivity contribution in [2.75, 3.05) is 39.6 Å². The Labute approximate surface area is 324 Å². The van der Waals surface area contributed by atoms with Gasteiger partial charge in [-0.1, -0.05) is 44.2 Å². The lowest BCUT2D eigenvalue weighted by atomic mass is 10.00. The largest absolute Gasteiger partial charge is 0.490 e. The monoisotopic (exact) mass is 771 g/mol. The van der Waals surface area contributed by atoms with E-state index < -0.39 is 24.1 Å². The molecule has 2 amide bonds. The summed E-state index contributed by atoms with van der Waals surface area (Å²) in [5, 5.41) is 20.1. The molecule has 2 aromatic carbocycles. The Morgan fingerprint density at radius 1 is 0.911 bits per heavy atom. The van der Waals surface area contributed by atoms with E-state index in [1.807, 2.05) is 50.2 Å². The number of aliphatic hydroxyl groups is 1. The number of rotatable bonds is 22. The summed E-state index contributed by atoms with van der Waals surface area (Å²) < 4.78 is 29.8. The summed E-state index contributed by atoms with van der Waals surface area (Å²) in [6.07, 6.45) is 0.876. The van der Waals surface area contributed by atoms with Crippen LogP contribution in [0.1, 0.15) is 31.5 Å². The maximum absolute atomic E-state index is 12.9. The van der Waals surface area contributed by atoms with Gasteiger partial charge in [-0.25, -0.2) is 9.67 Å². The highest BCUT2D eigenvalue weighted by molar-refractivity contribution is 5.89.